The molecule has 0 aliphatic heterocycles. The van der Waals surface area contributed by atoms with Crippen LogP contribution in [0.25, 0.3) is 0 Å². The van der Waals surface area contributed by atoms with Gasteiger partial charge in [-0.2, -0.15) is 0 Å². The Labute approximate surface area is 107 Å². The molecule has 0 aromatic carbocycles. The lowest BCUT2D eigenvalue weighted by atomic mass is 10.2. The van der Waals surface area contributed by atoms with Crippen LogP contribution in [0.15, 0.2) is 24.7 Å². The van der Waals surface area contributed by atoms with Crippen molar-refractivity contribution < 1.29 is 9.72 Å². The maximum absolute atomic E-state index is 12.0. The van der Waals surface area contributed by atoms with E-state index in [-0.39, 0.29) is 17.2 Å². The summed E-state index contributed by atoms with van der Waals surface area (Å²) in [6.07, 6.45) is 4.01. The Kier molecular flexibility index (Phi) is 3.37. The second kappa shape index (κ2) is 5.12. The minimum absolute atomic E-state index is 0.0965. The number of nitro groups is 1. The van der Waals surface area contributed by atoms with Crippen molar-refractivity contribution >= 4 is 23.4 Å². The molecule has 2 aromatic heterocycles. The predicted octanol–water partition coefficient (Wildman–Crippen LogP) is 1.01. The predicted molar refractivity (Wildman–Crippen MR) is 67.0 cm³/mol. The minimum Gasteiger partial charge on any atom is -0.373 e. The fourth-order valence-corrected chi connectivity index (χ4v) is 1.42. The summed E-state index contributed by atoms with van der Waals surface area (Å²) in [5.41, 5.74) is -0.469. The van der Waals surface area contributed by atoms with E-state index in [1.54, 1.807) is 7.05 Å². The van der Waals surface area contributed by atoms with E-state index in [4.69, 9.17) is 0 Å². The third-order valence-electron chi connectivity index (χ3n) is 2.31. The third-order valence-corrected chi connectivity index (χ3v) is 2.31. The van der Waals surface area contributed by atoms with Crippen molar-refractivity contribution in [1.29, 1.82) is 0 Å². The zero-order valence-electron chi connectivity index (χ0n) is 9.88. The van der Waals surface area contributed by atoms with Crippen molar-refractivity contribution in [2.24, 2.45) is 0 Å². The first-order valence-electron chi connectivity index (χ1n) is 5.24. The molecular formula is C10H10N6O3. The molecule has 0 spiro atoms. The number of aromatic nitrogens is 3. The van der Waals surface area contributed by atoms with Gasteiger partial charge < -0.3 is 10.3 Å². The molecule has 0 radical (unpaired) electrons. The molecule has 0 aliphatic rings. The van der Waals surface area contributed by atoms with Crippen LogP contribution in [-0.4, -0.2) is 32.8 Å². The first-order chi connectivity index (χ1) is 9.11. The van der Waals surface area contributed by atoms with Gasteiger partial charge >= 0.3 is 0 Å². The van der Waals surface area contributed by atoms with E-state index in [0.717, 1.165) is 6.20 Å². The van der Waals surface area contributed by atoms with Gasteiger partial charge in [0, 0.05) is 25.5 Å². The summed E-state index contributed by atoms with van der Waals surface area (Å²) < 4.78 is 0. The van der Waals surface area contributed by atoms with E-state index in [1.165, 1.54) is 18.5 Å². The fourth-order valence-electron chi connectivity index (χ4n) is 1.42. The van der Waals surface area contributed by atoms with E-state index in [0.29, 0.717) is 5.82 Å². The Morgan fingerprint density at radius 2 is 2.26 bits per heavy atom. The molecule has 0 atom stereocenters. The Bertz CT molecular complexity index is 610. The third kappa shape index (κ3) is 2.65. The summed E-state index contributed by atoms with van der Waals surface area (Å²) >= 11 is 0. The molecule has 2 aromatic rings. The number of hydrogen-bond donors (Lipinski definition) is 3. The topological polar surface area (TPSA) is 126 Å². The second-order valence-corrected chi connectivity index (χ2v) is 3.49. The lowest BCUT2D eigenvalue weighted by Crippen LogP contribution is -2.15. The molecule has 2 heterocycles. The van der Waals surface area contributed by atoms with Gasteiger partial charge in [0.15, 0.2) is 0 Å². The van der Waals surface area contributed by atoms with Crippen molar-refractivity contribution in [1.82, 2.24) is 15.0 Å². The monoisotopic (exact) mass is 262 g/mol. The van der Waals surface area contributed by atoms with Crippen LogP contribution in [0, 0.1) is 10.1 Å². The van der Waals surface area contributed by atoms with Gasteiger partial charge in [-0.25, -0.2) is 9.97 Å². The highest BCUT2D eigenvalue weighted by Gasteiger charge is 2.22. The summed E-state index contributed by atoms with van der Waals surface area (Å²) in [4.78, 5) is 32.5. The van der Waals surface area contributed by atoms with Crippen LogP contribution in [0.3, 0.4) is 0 Å². The van der Waals surface area contributed by atoms with E-state index >= 15 is 0 Å². The zero-order chi connectivity index (χ0) is 13.8. The van der Waals surface area contributed by atoms with E-state index in [1.807, 2.05) is 0 Å². The van der Waals surface area contributed by atoms with Crippen LogP contribution >= 0.6 is 0 Å². The molecule has 9 heteroatoms. The molecule has 9 nitrogen and oxygen atoms in total. The van der Waals surface area contributed by atoms with Gasteiger partial charge in [-0.15, -0.1) is 0 Å². The largest absolute Gasteiger partial charge is 0.373 e. The Morgan fingerprint density at radius 1 is 1.47 bits per heavy atom. The first-order valence-corrected chi connectivity index (χ1v) is 5.24. The van der Waals surface area contributed by atoms with Gasteiger partial charge in [0.1, 0.15) is 17.6 Å². The first kappa shape index (κ1) is 12.5. The molecule has 0 saturated heterocycles. The summed E-state index contributed by atoms with van der Waals surface area (Å²) in [6, 6.07) is 1.30. The average molecular weight is 262 g/mol. The van der Waals surface area contributed by atoms with Crippen LogP contribution in [0.1, 0.15) is 10.4 Å². The summed E-state index contributed by atoms with van der Waals surface area (Å²) in [6.45, 7) is 0. The van der Waals surface area contributed by atoms with Crippen LogP contribution in [0.2, 0.25) is 0 Å². The minimum atomic E-state index is -0.663. The lowest BCUT2D eigenvalue weighted by Gasteiger charge is -2.05. The van der Waals surface area contributed by atoms with Crippen molar-refractivity contribution in [3.8, 4) is 0 Å². The number of rotatable bonds is 4. The number of carbonyl (C=O) groups is 1. The van der Waals surface area contributed by atoms with Crippen LogP contribution in [0.5, 0.6) is 0 Å². The summed E-state index contributed by atoms with van der Waals surface area (Å²) in [5.74, 6) is -0.0714. The number of pyridine rings is 1. The number of aromatic amines is 1. The average Bonchev–Trinajstić information content (AvgIpc) is 2.90. The van der Waals surface area contributed by atoms with Crippen LogP contribution < -0.4 is 10.6 Å². The Morgan fingerprint density at radius 3 is 2.84 bits per heavy atom. The molecule has 1 amide bonds. The highest BCUT2D eigenvalue weighted by molar-refractivity contribution is 6.06. The molecule has 0 aliphatic carbocycles. The van der Waals surface area contributed by atoms with Gasteiger partial charge in [0.2, 0.25) is 5.95 Å². The number of carbonyl (C=O) groups excluding carboxylic acids is 1. The highest BCUT2D eigenvalue weighted by Crippen LogP contribution is 2.20. The van der Waals surface area contributed by atoms with Crippen molar-refractivity contribution in [3.63, 3.8) is 0 Å². The molecule has 0 fully saturated rings. The molecule has 19 heavy (non-hydrogen) atoms. The van der Waals surface area contributed by atoms with Gasteiger partial charge in [-0.05, 0) is 0 Å². The summed E-state index contributed by atoms with van der Waals surface area (Å²) in [7, 11) is 1.60. The molecule has 3 N–H and O–H groups in total. The smallest absolute Gasteiger partial charge is 0.300 e. The molecule has 0 saturated carbocycles. The summed E-state index contributed by atoms with van der Waals surface area (Å²) in [5, 5.41) is 16.0. The normalized spacial score (nSPS) is 9.95. The standard InChI is InChI=1S/C10H10N6O3/c1-11-8-4-6(7(5-14-8)16(18)19)9(17)15-10-12-2-3-13-10/h2-5H,1H3,(H,11,14)(H2,12,13,15,17). The molecule has 0 bridgehead atoms. The Balaban J connectivity index is 2.35. The number of nitrogens with zero attached hydrogens (tertiary/aromatic N) is 3. The van der Waals surface area contributed by atoms with E-state index < -0.39 is 10.8 Å². The molecule has 98 valence electrons. The Hall–Kier alpha value is -2.97. The maximum Gasteiger partial charge on any atom is 0.300 e. The molecule has 2 rings (SSSR count). The van der Waals surface area contributed by atoms with Crippen molar-refractivity contribution in [3.05, 3.63) is 40.3 Å². The molecule has 0 unspecified atom stereocenters. The van der Waals surface area contributed by atoms with Crippen molar-refractivity contribution in [2.75, 3.05) is 17.7 Å². The number of nitrogens with one attached hydrogen (secondary N) is 3. The second-order valence-electron chi connectivity index (χ2n) is 3.49. The molecular weight excluding hydrogens is 252 g/mol. The van der Waals surface area contributed by atoms with Crippen LogP contribution in [0.4, 0.5) is 17.5 Å². The number of H-pyrrole nitrogens is 1. The number of amides is 1. The van der Waals surface area contributed by atoms with Gasteiger partial charge in [-0.3, -0.25) is 20.2 Å². The quantitative estimate of drug-likeness (QED) is 0.557. The van der Waals surface area contributed by atoms with Gasteiger partial charge in [-0.1, -0.05) is 0 Å². The maximum atomic E-state index is 12.0. The highest BCUT2D eigenvalue weighted by atomic mass is 16.6. The van der Waals surface area contributed by atoms with Crippen molar-refractivity contribution in [2.45, 2.75) is 0 Å². The SMILES string of the molecule is CNc1cc(C(=O)Nc2ncc[nH]2)c([N+](=O)[O-])cn1. The number of imidazole rings is 1. The fraction of sp³-hybridized carbons (Fsp3) is 0.100. The van der Waals surface area contributed by atoms with E-state index in [2.05, 4.69) is 25.6 Å². The lowest BCUT2D eigenvalue weighted by molar-refractivity contribution is -0.385. The number of anilines is 2. The van der Waals surface area contributed by atoms with E-state index in [9.17, 15) is 14.9 Å². The van der Waals surface area contributed by atoms with Gasteiger partial charge in [0.05, 0.1) is 4.92 Å². The van der Waals surface area contributed by atoms with Crippen LogP contribution in [-0.2, 0) is 0 Å². The zero-order valence-corrected chi connectivity index (χ0v) is 9.88. The number of hydrogen-bond acceptors (Lipinski definition) is 6. The van der Waals surface area contributed by atoms with Gasteiger partial charge in [0.25, 0.3) is 11.6 Å².